The van der Waals surface area contributed by atoms with Gasteiger partial charge in [-0.3, -0.25) is 9.79 Å². The average Bonchev–Trinajstić information content (AvgIpc) is 3.28. The highest BCUT2D eigenvalue weighted by Crippen LogP contribution is 2.37. The molecule has 4 aromatic carbocycles. The highest BCUT2D eigenvalue weighted by molar-refractivity contribution is 6.18. The van der Waals surface area contributed by atoms with E-state index in [-0.39, 0.29) is 0 Å². The maximum Gasteiger partial charge on any atom is 0.150 e. The standard InChI is InChI=1S/C36H39N3O2/c1-9-25-17-31(23(5)15-21(25)3)37-24(6)29-13-11-27(19-40)34-30(14-12-28(20-41-8)35(29)34)36-38-32-18-26(10-2)22(4)16-33(32)39(36)7/h11-19H,9-10,20H2,1-8H3/b37-24+. The van der Waals surface area contributed by atoms with Crippen LogP contribution in [-0.2, 0) is 31.2 Å². The van der Waals surface area contributed by atoms with E-state index in [1.54, 1.807) is 7.11 Å². The van der Waals surface area contributed by atoms with Gasteiger partial charge in [-0.05, 0) is 97.5 Å². The monoisotopic (exact) mass is 545 g/mol. The molecule has 0 aliphatic heterocycles. The van der Waals surface area contributed by atoms with Crippen molar-refractivity contribution in [3.05, 3.63) is 93.0 Å². The summed E-state index contributed by atoms with van der Waals surface area (Å²) >= 11 is 0. The molecular formula is C36H39N3O2. The molecule has 0 bridgehead atoms. The fourth-order valence-electron chi connectivity index (χ4n) is 6.09. The molecule has 0 spiro atoms. The van der Waals surface area contributed by atoms with E-state index < -0.39 is 0 Å². The molecule has 1 aromatic heterocycles. The van der Waals surface area contributed by atoms with Crippen molar-refractivity contribution in [2.24, 2.45) is 12.0 Å². The lowest BCUT2D eigenvalue weighted by Gasteiger charge is -2.17. The lowest BCUT2D eigenvalue weighted by atomic mass is 9.90. The molecule has 0 radical (unpaired) electrons. The third kappa shape index (κ3) is 5.00. The zero-order chi connectivity index (χ0) is 29.4. The topological polar surface area (TPSA) is 56.5 Å². The first kappa shape index (κ1) is 28.4. The number of rotatable bonds is 8. The number of fused-ring (bicyclic) bond motifs is 2. The van der Waals surface area contributed by atoms with Gasteiger partial charge in [-0.2, -0.15) is 0 Å². The predicted molar refractivity (Wildman–Crippen MR) is 171 cm³/mol. The Labute approximate surface area is 242 Å². The van der Waals surface area contributed by atoms with Crippen molar-refractivity contribution < 1.29 is 9.53 Å². The fourth-order valence-corrected chi connectivity index (χ4v) is 6.09. The van der Waals surface area contributed by atoms with Crippen molar-refractivity contribution in [2.75, 3.05) is 7.11 Å². The molecule has 0 N–H and O–H groups in total. The first-order chi connectivity index (χ1) is 19.7. The second-order valence-corrected chi connectivity index (χ2v) is 11.0. The molecule has 0 aliphatic rings. The molecule has 0 saturated carbocycles. The Morgan fingerprint density at radius 3 is 2.29 bits per heavy atom. The van der Waals surface area contributed by atoms with Gasteiger partial charge in [0.15, 0.2) is 6.29 Å². The molecule has 0 amide bonds. The minimum Gasteiger partial charge on any atom is -0.380 e. The van der Waals surface area contributed by atoms with E-state index in [9.17, 15) is 4.79 Å². The van der Waals surface area contributed by atoms with E-state index in [0.717, 1.165) is 80.4 Å². The van der Waals surface area contributed by atoms with Crippen molar-refractivity contribution in [3.63, 3.8) is 0 Å². The molecule has 0 atom stereocenters. The smallest absolute Gasteiger partial charge is 0.150 e. The van der Waals surface area contributed by atoms with Crippen LogP contribution in [0.3, 0.4) is 0 Å². The highest BCUT2D eigenvalue weighted by atomic mass is 16.5. The molecule has 41 heavy (non-hydrogen) atoms. The average molecular weight is 546 g/mol. The number of ether oxygens (including phenoxy) is 1. The number of hydrogen-bond acceptors (Lipinski definition) is 4. The number of benzene rings is 4. The van der Waals surface area contributed by atoms with Gasteiger partial charge in [0.25, 0.3) is 0 Å². The minimum absolute atomic E-state index is 0.421. The number of aliphatic imine (C=N–C) groups is 1. The van der Waals surface area contributed by atoms with Crippen molar-refractivity contribution >= 4 is 39.5 Å². The molecule has 1 heterocycles. The molecule has 0 unspecified atom stereocenters. The summed E-state index contributed by atoms with van der Waals surface area (Å²) in [5.41, 5.74) is 13.7. The van der Waals surface area contributed by atoms with E-state index in [0.29, 0.717) is 12.2 Å². The van der Waals surface area contributed by atoms with Crippen molar-refractivity contribution in [1.82, 2.24) is 9.55 Å². The Bertz CT molecular complexity index is 1840. The van der Waals surface area contributed by atoms with Crippen LogP contribution in [0.25, 0.3) is 33.2 Å². The van der Waals surface area contributed by atoms with E-state index in [2.05, 4.69) is 75.6 Å². The molecule has 0 aliphatic carbocycles. The maximum absolute atomic E-state index is 12.5. The normalized spacial score (nSPS) is 12.0. The summed E-state index contributed by atoms with van der Waals surface area (Å²) in [6, 6.07) is 16.9. The number of carbonyl (C=O) groups excluding carboxylic acids is 1. The van der Waals surface area contributed by atoms with Gasteiger partial charge in [-0.15, -0.1) is 0 Å². The Kier molecular flexibility index (Phi) is 7.92. The first-order valence-electron chi connectivity index (χ1n) is 14.4. The number of aryl methyl sites for hydroxylation is 6. The second kappa shape index (κ2) is 11.4. The Balaban J connectivity index is 1.81. The van der Waals surface area contributed by atoms with Gasteiger partial charge in [-0.1, -0.05) is 44.2 Å². The highest BCUT2D eigenvalue weighted by Gasteiger charge is 2.20. The molecule has 5 rings (SSSR count). The third-order valence-electron chi connectivity index (χ3n) is 8.38. The number of nitrogens with zero attached hydrogens (tertiary/aromatic N) is 3. The van der Waals surface area contributed by atoms with Crippen molar-refractivity contribution in [3.8, 4) is 11.4 Å². The van der Waals surface area contributed by atoms with Crippen LogP contribution in [0.4, 0.5) is 5.69 Å². The van der Waals surface area contributed by atoms with Crippen LogP contribution in [0, 0.1) is 20.8 Å². The summed E-state index contributed by atoms with van der Waals surface area (Å²) < 4.78 is 7.77. The van der Waals surface area contributed by atoms with Gasteiger partial charge in [0.1, 0.15) is 5.82 Å². The number of aromatic nitrogens is 2. The third-order valence-corrected chi connectivity index (χ3v) is 8.38. The van der Waals surface area contributed by atoms with Crippen molar-refractivity contribution in [1.29, 1.82) is 0 Å². The zero-order valence-corrected chi connectivity index (χ0v) is 25.5. The molecular weight excluding hydrogens is 506 g/mol. The van der Waals surface area contributed by atoms with Crippen LogP contribution in [0.15, 0.2) is 53.5 Å². The summed E-state index contributed by atoms with van der Waals surface area (Å²) in [7, 11) is 3.75. The maximum atomic E-state index is 12.5. The summed E-state index contributed by atoms with van der Waals surface area (Å²) in [4.78, 5) is 22.7. The number of imidazole rings is 1. The van der Waals surface area contributed by atoms with E-state index in [4.69, 9.17) is 14.7 Å². The lowest BCUT2D eigenvalue weighted by molar-refractivity contribution is 0.112. The molecule has 5 heteroatoms. The number of methoxy groups -OCH3 is 1. The number of hydrogen-bond donors (Lipinski definition) is 0. The SMILES string of the molecule is CCc1cc(/N=C(\C)c2ccc(C=O)c3c(-c4nc5cc(CC)c(C)cc5n4C)ccc(COC)c23)c(C)cc1C. The Morgan fingerprint density at radius 2 is 1.61 bits per heavy atom. The summed E-state index contributed by atoms with van der Waals surface area (Å²) in [5.74, 6) is 0.832. The molecule has 0 saturated heterocycles. The minimum atomic E-state index is 0.421. The van der Waals surface area contributed by atoms with Crippen molar-refractivity contribution in [2.45, 2.75) is 61.0 Å². The quantitative estimate of drug-likeness (QED) is 0.145. The van der Waals surface area contributed by atoms with Gasteiger partial charge in [-0.25, -0.2) is 4.98 Å². The van der Waals surface area contributed by atoms with Crippen LogP contribution >= 0.6 is 0 Å². The molecule has 0 fully saturated rings. The molecule has 210 valence electrons. The summed E-state index contributed by atoms with van der Waals surface area (Å²) in [6.45, 7) is 13.2. The van der Waals surface area contributed by atoms with Crippen LogP contribution < -0.4 is 0 Å². The van der Waals surface area contributed by atoms with Gasteiger partial charge >= 0.3 is 0 Å². The Morgan fingerprint density at radius 1 is 0.902 bits per heavy atom. The largest absolute Gasteiger partial charge is 0.380 e. The van der Waals surface area contributed by atoms with Gasteiger partial charge in [0.05, 0.1) is 23.3 Å². The van der Waals surface area contributed by atoms with Gasteiger partial charge in [0.2, 0.25) is 0 Å². The Hall–Kier alpha value is -4.09. The molecule has 5 aromatic rings. The van der Waals surface area contributed by atoms with Crippen LogP contribution in [0.2, 0.25) is 0 Å². The summed E-state index contributed by atoms with van der Waals surface area (Å²) in [5, 5.41) is 1.86. The second-order valence-electron chi connectivity index (χ2n) is 11.0. The van der Waals surface area contributed by atoms with E-state index >= 15 is 0 Å². The van der Waals surface area contributed by atoms with Crippen LogP contribution in [-0.4, -0.2) is 28.7 Å². The number of aldehydes is 1. The van der Waals surface area contributed by atoms with E-state index in [1.165, 1.54) is 22.3 Å². The first-order valence-corrected chi connectivity index (χ1v) is 14.4. The predicted octanol–water partition coefficient (Wildman–Crippen LogP) is 8.54. The summed E-state index contributed by atoms with van der Waals surface area (Å²) in [6.07, 6.45) is 2.86. The zero-order valence-electron chi connectivity index (χ0n) is 25.5. The van der Waals surface area contributed by atoms with Crippen LogP contribution in [0.5, 0.6) is 0 Å². The number of carbonyl (C=O) groups is 1. The van der Waals surface area contributed by atoms with Crippen LogP contribution in [0.1, 0.15) is 70.1 Å². The van der Waals surface area contributed by atoms with Gasteiger partial charge < -0.3 is 9.30 Å². The fraction of sp³-hybridized carbons (Fsp3) is 0.306. The lowest BCUT2D eigenvalue weighted by Crippen LogP contribution is -2.04. The van der Waals surface area contributed by atoms with Gasteiger partial charge in [0, 0.05) is 41.9 Å². The molecule has 5 nitrogen and oxygen atoms in total. The van der Waals surface area contributed by atoms with E-state index in [1.807, 2.05) is 26.1 Å².